The van der Waals surface area contributed by atoms with Crippen molar-refractivity contribution in [1.29, 1.82) is 0 Å². The fourth-order valence-electron chi connectivity index (χ4n) is 2.36. The summed E-state index contributed by atoms with van der Waals surface area (Å²) in [7, 11) is -3.45. The Morgan fingerprint density at radius 2 is 1.96 bits per heavy atom. The fourth-order valence-corrected chi connectivity index (χ4v) is 6.13. The van der Waals surface area contributed by atoms with E-state index >= 15 is 0 Å². The van der Waals surface area contributed by atoms with Crippen molar-refractivity contribution in [2.45, 2.75) is 29.5 Å². The average molecular weight is 426 g/mol. The van der Waals surface area contributed by atoms with E-state index in [1.165, 1.54) is 10.5 Å². The van der Waals surface area contributed by atoms with E-state index in [-0.39, 0.29) is 4.90 Å². The Balaban J connectivity index is 1.65. The lowest BCUT2D eigenvalue weighted by Gasteiger charge is -2.18. The molecule has 3 aromatic heterocycles. The number of rotatable bonds is 8. The molecule has 0 bridgehead atoms. The largest absolute Gasteiger partial charge is 0.249 e. The first kappa shape index (κ1) is 19.5. The maximum atomic E-state index is 12.5. The number of nitrogens with zero attached hydrogens (tertiary/aromatic N) is 3. The van der Waals surface area contributed by atoms with Crippen LogP contribution >= 0.6 is 34.4 Å². The van der Waals surface area contributed by atoms with Gasteiger partial charge in [0.15, 0.2) is 0 Å². The molecule has 0 saturated heterocycles. The van der Waals surface area contributed by atoms with Crippen LogP contribution < -0.4 is 0 Å². The molecular weight excluding hydrogens is 406 g/mol. The van der Waals surface area contributed by atoms with Gasteiger partial charge in [0.2, 0.25) is 10.0 Å². The Bertz CT molecular complexity index is 931. The molecule has 0 atom stereocenters. The maximum Gasteiger partial charge on any atom is 0.244 e. The Morgan fingerprint density at radius 3 is 2.58 bits per heavy atom. The highest BCUT2D eigenvalue weighted by molar-refractivity contribution is 7.98. The van der Waals surface area contributed by atoms with Gasteiger partial charge in [0, 0.05) is 41.4 Å². The van der Waals surface area contributed by atoms with Crippen LogP contribution in [0.25, 0.3) is 10.6 Å². The lowest BCUT2D eigenvalue weighted by atomic mass is 10.4. The fraction of sp³-hybridized carbons (Fsp3) is 0.294. The van der Waals surface area contributed by atoms with Gasteiger partial charge in [-0.15, -0.1) is 23.1 Å². The lowest BCUT2D eigenvalue weighted by molar-refractivity contribution is 0.445. The molecule has 26 heavy (non-hydrogen) atoms. The second kappa shape index (κ2) is 8.62. The molecule has 0 amide bonds. The quantitative estimate of drug-likeness (QED) is 0.494. The molecule has 3 aromatic rings. The normalized spacial score (nSPS) is 12.0. The number of hydrogen-bond acceptors (Lipinski definition) is 7. The van der Waals surface area contributed by atoms with Gasteiger partial charge in [-0.25, -0.2) is 18.4 Å². The molecule has 0 radical (unpaired) electrons. The molecule has 3 rings (SSSR count). The molecule has 0 N–H and O–H groups in total. The number of thiazole rings is 1. The molecule has 138 valence electrons. The van der Waals surface area contributed by atoms with E-state index in [0.717, 1.165) is 21.3 Å². The molecule has 0 aliphatic rings. The zero-order valence-electron chi connectivity index (χ0n) is 14.5. The molecule has 0 aromatic carbocycles. The summed E-state index contributed by atoms with van der Waals surface area (Å²) in [4.78, 5) is 9.18. The van der Waals surface area contributed by atoms with E-state index in [0.29, 0.717) is 18.8 Å². The van der Waals surface area contributed by atoms with E-state index in [2.05, 4.69) is 26.8 Å². The van der Waals surface area contributed by atoms with Gasteiger partial charge in [0.05, 0.1) is 10.7 Å². The van der Waals surface area contributed by atoms with Crippen molar-refractivity contribution in [3.8, 4) is 10.6 Å². The second-order valence-corrected chi connectivity index (χ2v) is 9.94. The van der Waals surface area contributed by atoms with Gasteiger partial charge in [0.25, 0.3) is 0 Å². The van der Waals surface area contributed by atoms with Gasteiger partial charge < -0.3 is 0 Å². The van der Waals surface area contributed by atoms with Crippen LogP contribution in [0.3, 0.4) is 0 Å². The number of thiophene rings is 1. The van der Waals surface area contributed by atoms with Crippen LogP contribution in [0.1, 0.15) is 19.5 Å². The first-order valence-corrected chi connectivity index (χ1v) is 12.4. The van der Waals surface area contributed by atoms with E-state index in [1.807, 2.05) is 19.2 Å². The minimum absolute atomic E-state index is 0.235. The molecule has 5 nitrogen and oxygen atoms in total. The van der Waals surface area contributed by atoms with Gasteiger partial charge >= 0.3 is 0 Å². The Morgan fingerprint density at radius 1 is 1.15 bits per heavy atom. The van der Waals surface area contributed by atoms with Crippen LogP contribution in [0.5, 0.6) is 0 Å². The highest BCUT2D eigenvalue weighted by atomic mass is 32.2. The van der Waals surface area contributed by atoms with Crippen molar-refractivity contribution >= 4 is 44.5 Å². The molecule has 0 aliphatic heterocycles. The van der Waals surface area contributed by atoms with Gasteiger partial charge in [-0.1, -0.05) is 13.8 Å². The van der Waals surface area contributed by atoms with Crippen molar-refractivity contribution in [2.75, 3.05) is 13.1 Å². The highest BCUT2D eigenvalue weighted by Gasteiger charge is 2.21. The number of aromatic nitrogens is 2. The summed E-state index contributed by atoms with van der Waals surface area (Å²) < 4.78 is 26.4. The summed E-state index contributed by atoms with van der Waals surface area (Å²) in [5.74, 6) is 0.704. The van der Waals surface area contributed by atoms with E-state index in [9.17, 15) is 8.42 Å². The van der Waals surface area contributed by atoms with E-state index in [4.69, 9.17) is 0 Å². The van der Waals surface area contributed by atoms with Crippen LogP contribution in [0, 0.1) is 0 Å². The minimum Gasteiger partial charge on any atom is -0.249 e. The zero-order chi connectivity index (χ0) is 18.6. The van der Waals surface area contributed by atoms with Crippen LogP contribution in [-0.4, -0.2) is 35.8 Å². The Hall–Kier alpha value is -1.26. The minimum atomic E-state index is -3.45. The predicted octanol–water partition coefficient (Wildman–Crippen LogP) is 4.59. The molecule has 0 aliphatic carbocycles. The molecule has 0 unspecified atom stereocenters. The molecule has 3 heterocycles. The number of pyridine rings is 1. The summed E-state index contributed by atoms with van der Waals surface area (Å²) in [6.45, 7) is 4.56. The summed E-state index contributed by atoms with van der Waals surface area (Å²) in [5, 5.41) is 8.00. The second-order valence-electron chi connectivity index (χ2n) is 5.37. The number of sulfonamides is 1. The van der Waals surface area contributed by atoms with Crippen molar-refractivity contribution in [3.05, 3.63) is 46.2 Å². The molecule has 0 fully saturated rings. The van der Waals surface area contributed by atoms with Crippen molar-refractivity contribution in [3.63, 3.8) is 0 Å². The summed E-state index contributed by atoms with van der Waals surface area (Å²) in [5.41, 5.74) is 2.16. The summed E-state index contributed by atoms with van der Waals surface area (Å²) >= 11 is 4.85. The number of hydrogen-bond donors (Lipinski definition) is 0. The summed E-state index contributed by atoms with van der Waals surface area (Å²) in [6, 6.07) is 5.45. The molecule has 0 saturated carbocycles. The van der Waals surface area contributed by atoms with Crippen molar-refractivity contribution in [2.24, 2.45) is 0 Å². The molecule has 0 spiro atoms. The predicted molar refractivity (Wildman–Crippen MR) is 109 cm³/mol. The Labute approximate surface area is 166 Å². The number of thioether (sulfide) groups is 1. The third-order valence-electron chi connectivity index (χ3n) is 3.74. The smallest absolute Gasteiger partial charge is 0.244 e. The van der Waals surface area contributed by atoms with E-state index in [1.54, 1.807) is 46.6 Å². The first-order chi connectivity index (χ1) is 12.5. The van der Waals surface area contributed by atoms with E-state index < -0.39 is 10.0 Å². The van der Waals surface area contributed by atoms with Crippen molar-refractivity contribution in [1.82, 2.24) is 14.3 Å². The topological polar surface area (TPSA) is 63.2 Å². The first-order valence-electron chi connectivity index (χ1n) is 8.10. The van der Waals surface area contributed by atoms with Gasteiger partial charge in [-0.2, -0.15) is 15.6 Å². The van der Waals surface area contributed by atoms with Gasteiger partial charge in [0.1, 0.15) is 9.90 Å². The molecule has 9 heteroatoms. The van der Waals surface area contributed by atoms with Crippen LogP contribution in [-0.2, 0) is 15.8 Å². The third-order valence-corrected chi connectivity index (χ3v) is 8.37. The third kappa shape index (κ3) is 4.34. The Kier molecular flexibility index (Phi) is 6.46. The zero-order valence-corrected chi connectivity index (χ0v) is 17.7. The lowest BCUT2D eigenvalue weighted by Crippen LogP contribution is -2.30. The average Bonchev–Trinajstić information content (AvgIpc) is 3.32. The van der Waals surface area contributed by atoms with Gasteiger partial charge in [-0.3, -0.25) is 0 Å². The molecular formula is C17H19N3O2S4. The van der Waals surface area contributed by atoms with Crippen LogP contribution in [0.15, 0.2) is 50.5 Å². The van der Waals surface area contributed by atoms with Crippen molar-refractivity contribution < 1.29 is 8.42 Å². The van der Waals surface area contributed by atoms with Crippen LogP contribution in [0.2, 0.25) is 0 Å². The summed E-state index contributed by atoms with van der Waals surface area (Å²) in [6.07, 6.45) is 1.44. The SMILES string of the molecule is CCN(CC)S(=O)(=O)c1ccc(SCc2csc(-c3ccsc3)n2)nc1. The maximum absolute atomic E-state index is 12.5. The van der Waals surface area contributed by atoms with Gasteiger partial charge in [-0.05, 0) is 23.6 Å². The monoisotopic (exact) mass is 425 g/mol. The highest BCUT2D eigenvalue weighted by Crippen LogP contribution is 2.29. The standard InChI is InChI=1S/C17H19N3O2S4/c1-3-20(4-2)26(21,22)15-5-6-16(18-9-15)24-11-14-12-25-17(19-14)13-7-8-23-10-13/h5-10,12H,3-4,11H2,1-2H3. The van der Waals surface area contributed by atoms with Crippen LogP contribution in [0.4, 0.5) is 0 Å².